The molecule has 0 spiro atoms. The third-order valence-electron chi connectivity index (χ3n) is 11.3. The van der Waals surface area contributed by atoms with Crippen molar-refractivity contribution in [3.05, 3.63) is 224 Å². The molecule has 11 rings (SSSR count). The van der Waals surface area contributed by atoms with Gasteiger partial charge in [0.1, 0.15) is 0 Å². The first-order valence-corrected chi connectivity index (χ1v) is 19.5. The molecule has 0 amide bonds. The van der Waals surface area contributed by atoms with E-state index < -0.39 is 0 Å². The van der Waals surface area contributed by atoms with Crippen LogP contribution in [0.5, 0.6) is 0 Å². The monoisotopic (exact) mass is 727 g/mol. The zero-order chi connectivity index (χ0) is 37.7. The zero-order valence-electron chi connectivity index (χ0n) is 31.2. The van der Waals surface area contributed by atoms with Gasteiger partial charge in [-0.2, -0.15) is 0 Å². The summed E-state index contributed by atoms with van der Waals surface area (Å²) < 4.78 is 4.77. The van der Waals surface area contributed by atoms with Crippen LogP contribution in [0, 0.1) is 0 Å². The molecule has 0 saturated carbocycles. The highest BCUT2D eigenvalue weighted by molar-refractivity contribution is 6.11. The molecule has 3 heteroatoms. The topological polar surface area (TPSA) is 13.1 Å². The van der Waals surface area contributed by atoms with Crippen LogP contribution >= 0.6 is 0 Å². The number of hydrogen-bond acceptors (Lipinski definition) is 1. The molecule has 0 fully saturated rings. The first-order chi connectivity index (χ1) is 28.3. The van der Waals surface area contributed by atoms with Gasteiger partial charge in [-0.05, 0) is 101 Å². The summed E-state index contributed by atoms with van der Waals surface area (Å²) in [6, 6.07) is 81.1. The van der Waals surface area contributed by atoms with Crippen LogP contribution in [-0.2, 0) is 0 Å². The van der Waals surface area contributed by atoms with E-state index in [0.29, 0.717) is 0 Å². The molecule has 0 aliphatic rings. The highest BCUT2D eigenvalue weighted by atomic mass is 15.1. The van der Waals surface area contributed by atoms with Gasteiger partial charge in [-0.3, -0.25) is 0 Å². The van der Waals surface area contributed by atoms with E-state index in [1.807, 2.05) is 0 Å². The third kappa shape index (κ3) is 5.60. The summed E-state index contributed by atoms with van der Waals surface area (Å²) in [4.78, 5) is 2.38. The normalized spacial score (nSPS) is 11.5. The van der Waals surface area contributed by atoms with E-state index in [1.54, 1.807) is 0 Å². The Labute approximate surface area is 331 Å². The van der Waals surface area contributed by atoms with Gasteiger partial charge in [0.25, 0.3) is 0 Å². The van der Waals surface area contributed by atoms with Gasteiger partial charge in [-0.25, -0.2) is 0 Å². The second-order valence-corrected chi connectivity index (χ2v) is 14.6. The third-order valence-corrected chi connectivity index (χ3v) is 11.3. The molecular formula is C54H37N3. The van der Waals surface area contributed by atoms with Crippen molar-refractivity contribution in [3.63, 3.8) is 0 Å². The smallest absolute Gasteiger partial charge is 0.0561 e. The van der Waals surface area contributed by atoms with Gasteiger partial charge in [-0.1, -0.05) is 146 Å². The number of para-hydroxylation sites is 4. The average Bonchev–Trinajstić information content (AvgIpc) is 3.80. The fourth-order valence-electron chi connectivity index (χ4n) is 8.64. The Balaban J connectivity index is 1.05. The standard InChI is InChI=1S/C54H37N3/c1-4-14-38(15-5-1)39-24-29-44(30-25-39)55(46-33-35-50-48-21-11-13-23-52(48)57(54(50)37-46)43-18-8-3-9-19-43)45-31-26-40(27-32-45)41-28-34-49-47-20-10-12-22-51(47)56(53(49)36-41)42-16-6-2-7-17-42/h1-37H. The van der Waals surface area contributed by atoms with E-state index in [0.717, 1.165) is 28.4 Å². The first kappa shape index (κ1) is 32.8. The predicted octanol–water partition coefficient (Wildman–Crippen LogP) is 14.7. The van der Waals surface area contributed by atoms with Gasteiger partial charge in [0.2, 0.25) is 0 Å². The Morgan fingerprint density at radius 1 is 0.246 bits per heavy atom. The van der Waals surface area contributed by atoms with Crippen molar-refractivity contribution in [3.8, 4) is 33.6 Å². The molecule has 2 heterocycles. The Kier molecular flexibility index (Phi) is 7.82. The van der Waals surface area contributed by atoms with Gasteiger partial charge in [0.15, 0.2) is 0 Å². The molecule has 0 unspecified atom stereocenters. The Hall–Kier alpha value is -7.62. The minimum Gasteiger partial charge on any atom is -0.310 e. The van der Waals surface area contributed by atoms with Crippen LogP contribution in [-0.4, -0.2) is 9.13 Å². The number of fused-ring (bicyclic) bond motifs is 6. The summed E-state index contributed by atoms with van der Waals surface area (Å²) in [6.45, 7) is 0. The summed E-state index contributed by atoms with van der Waals surface area (Å²) in [7, 11) is 0. The predicted molar refractivity (Wildman–Crippen MR) is 241 cm³/mol. The lowest BCUT2D eigenvalue weighted by Gasteiger charge is -2.26. The molecule has 3 nitrogen and oxygen atoms in total. The van der Waals surface area contributed by atoms with E-state index in [4.69, 9.17) is 0 Å². The van der Waals surface area contributed by atoms with Gasteiger partial charge in [0.05, 0.1) is 22.1 Å². The zero-order valence-corrected chi connectivity index (χ0v) is 31.2. The van der Waals surface area contributed by atoms with Crippen LogP contribution in [0.25, 0.3) is 77.2 Å². The quantitative estimate of drug-likeness (QED) is 0.159. The van der Waals surface area contributed by atoms with Gasteiger partial charge >= 0.3 is 0 Å². The number of aromatic nitrogens is 2. The van der Waals surface area contributed by atoms with Crippen molar-refractivity contribution < 1.29 is 0 Å². The number of benzene rings is 9. The van der Waals surface area contributed by atoms with Crippen molar-refractivity contribution in [1.29, 1.82) is 0 Å². The number of hydrogen-bond donors (Lipinski definition) is 0. The molecular weight excluding hydrogens is 691 g/mol. The molecule has 0 saturated heterocycles. The highest BCUT2D eigenvalue weighted by Crippen LogP contribution is 2.41. The Bertz CT molecular complexity index is 3200. The minimum atomic E-state index is 1.09. The van der Waals surface area contributed by atoms with Gasteiger partial charge in [-0.15, -0.1) is 0 Å². The first-order valence-electron chi connectivity index (χ1n) is 19.5. The molecule has 0 bridgehead atoms. The lowest BCUT2D eigenvalue weighted by atomic mass is 10.0. The largest absolute Gasteiger partial charge is 0.310 e. The maximum atomic E-state index is 2.39. The van der Waals surface area contributed by atoms with E-state index >= 15 is 0 Å². The fourth-order valence-corrected chi connectivity index (χ4v) is 8.64. The number of nitrogens with zero attached hydrogens (tertiary/aromatic N) is 3. The molecule has 11 aromatic rings. The lowest BCUT2D eigenvalue weighted by Crippen LogP contribution is -2.10. The second kappa shape index (κ2) is 13.6. The van der Waals surface area contributed by atoms with Crippen molar-refractivity contribution in [2.24, 2.45) is 0 Å². The van der Waals surface area contributed by atoms with Crippen molar-refractivity contribution >= 4 is 60.7 Å². The van der Waals surface area contributed by atoms with Crippen LogP contribution in [0.2, 0.25) is 0 Å². The Morgan fingerprint density at radius 2 is 0.614 bits per heavy atom. The van der Waals surface area contributed by atoms with Crippen LogP contribution in [0.1, 0.15) is 0 Å². The van der Waals surface area contributed by atoms with E-state index in [2.05, 4.69) is 238 Å². The van der Waals surface area contributed by atoms with Crippen LogP contribution < -0.4 is 4.90 Å². The molecule has 0 radical (unpaired) electrons. The maximum Gasteiger partial charge on any atom is 0.0561 e. The summed E-state index contributed by atoms with van der Waals surface area (Å²) in [6.07, 6.45) is 0. The molecule has 268 valence electrons. The van der Waals surface area contributed by atoms with Crippen molar-refractivity contribution in [1.82, 2.24) is 9.13 Å². The van der Waals surface area contributed by atoms with Crippen molar-refractivity contribution in [2.45, 2.75) is 0 Å². The molecule has 0 aliphatic carbocycles. The van der Waals surface area contributed by atoms with Crippen LogP contribution in [0.4, 0.5) is 17.1 Å². The average molecular weight is 728 g/mol. The van der Waals surface area contributed by atoms with Crippen molar-refractivity contribution in [2.75, 3.05) is 4.90 Å². The SMILES string of the molecule is c1ccc(-c2ccc(N(c3ccc(-c4ccc5c6ccccc6n(-c6ccccc6)c5c4)cc3)c3ccc4c5ccccc5n(-c5ccccc5)c4c3)cc2)cc1. The molecule has 57 heavy (non-hydrogen) atoms. The maximum absolute atomic E-state index is 2.39. The molecule has 0 aliphatic heterocycles. The molecule has 9 aromatic carbocycles. The van der Waals surface area contributed by atoms with Gasteiger partial charge in [0, 0.05) is 50.0 Å². The second-order valence-electron chi connectivity index (χ2n) is 14.6. The van der Waals surface area contributed by atoms with Crippen LogP contribution in [0.3, 0.4) is 0 Å². The summed E-state index contributed by atoms with van der Waals surface area (Å²) in [5, 5.41) is 4.99. The fraction of sp³-hybridized carbons (Fsp3) is 0. The number of rotatable bonds is 7. The lowest BCUT2D eigenvalue weighted by molar-refractivity contribution is 1.18. The number of anilines is 3. The highest BCUT2D eigenvalue weighted by Gasteiger charge is 2.19. The molecule has 0 N–H and O–H groups in total. The summed E-state index contributed by atoms with van der Waals surface area (Å²) >= 11 is 0. The summed E-state index contributed by atoms with van der Waals surface area (Å²) in [5.74, 6) is 0. The summed E-state index contributed by atoms with van der Waals surface area (Å²) in [5.41, 5.74) is 15.1. The van der Waals surface area contributed by atoms with Crippen LogP contribution in [0.15, 0.2) is 224 Å². The van der Waals surface area contributed by atoms with E-state index in [-0.39, 0.29) is 0 Å². The Morgan fingerprint density at radius 3 is 1.16 bits per heavy atom. The van der Waals surface area contributed by atoms with E-state index in [1.165, 1.54) is 65.9 Å². The molecule has 2 aromatic heterocycles. The van der Waals surface area contributed by atoms with E-state index in [9.17, 15) is 0 Å². The minimum absolute atomic E-state index is 1.09. The van der Waals surface area contributed by atoms with Gasteiger partial charge < -0.3 is 14.0 Å². The molecule has 0 atom stereocenters.